The van der Waals surface area contributed by atoms with Crippen LogP contribution in [-0.4, -0.2) is 21.6 Å². The highest BCUT2D eigenvalue weighted by Gasteiger charge is 2.10. The summed E-state index contributed by atoms with van der Waals surface area (Å²) in [5.74, 6) is 0.225. The van der Waals surface area contributed by atoms with Gasteiger partial charge in [-0.1, -0.05) is 34.8 Å². The van der Waals surface area contributed by atoms with Crippen LogP contribution in [0.5, 0.6) is 6.01 Å². The number of hydrogen-bond donors (Lipinski definition) is 2. The van der Waals surface area contributed by atoms with Gasteiger partial charge in [0.15, 0.2) is 0 Å². The van der Waals surface area contributed by atoms with E-state index in [2.05, 4.69) is 20.3 Å². The predicted molar refractivity (Wildman–Crippen MR) is 80.2 cm³/mol. The lowest BCUT2D eigenvalue weighted by atomic mass is 10.3. The quantitative estimate of drug-likeness (QED) is 0.832. The topological polar surface area (TPSA) is 86.0 Å². The molecule has 0 aliphatic rings. The van der Waals surface area contributed by atoms with Crippen molar-refractivity contribution >= 4 is 52.4 Å². The molecule has 2 aromatic rings. The fourth-order valence-electron chi connectivity index (χ4n) is 1.36. The van der Waals surface area contributed by atoms with Crippen LogP contribution in [0.15, 0.2) is 12.1 Å². The van der Waals surface area contributed by atoms with Crippen LogP contribution in [0, 0.1) is 0 Å². The lowest BCUT2D eigenvalue weighted by Gasteiger charge is -2.09. The van der Waals surface area contributed by atoms with Crippen LogP contribution >= 0.6 is 34.8 Å². The van der Waals surface area contributed by atoms with Crippen LogP contribution in [0.3, 0.4) is 0 Å². The number of nitrogen functional groups attached to an aromatic ring is 1. The average Bonchev–Trinajstić information content (AvgIpc) is 2.35. The first-order chi connectivity index (χ1) is 9.49. The van der Waals surface area contributed by atoms with Gasteiger partial charge >= 0.3 is 6.01 Å². The lowest BCUT2D eigenvalue weighted by molar-refractivity contribution is 0.312. The van der Waals surface area contributed by atoms with Crippen molar-refractivity contribution in [2.45, 2.75) is 6.92 Å². The zero-order chi connectivity index (χ0) is 14.7. The highest BCUT2D eigenvalue weighted by atomic mass is 35.5. The van der Waals surface area contributed by atoms with E-state index in [1.54, 1.807) is 6.07 Å². The molecule has 2 rings (SSSR count). The third kappa shape index (κ3) is 3.53. The molecular weight excluding hydrogens is 325 g/mol. The SMILES string of the molecule is CCOc1nc(N)nc(Nc2cc(Cl)c(Cl)cc2Cl)n1. The highest BCUT2D eigenvalue weighted by Crippen LogP contribution is 2.33. The molecule has 0 spiro atoms. The van der Waals surface area contributed by atoms with Crippen molar-refractivity contribution in [3.63, 3.8) is 0 Å². The summed E-state index contributed by atoms with van der Waals surface area (Å²) in [6.45, 7) is 2.22. The first-order valence-corrected chi connectivity index (χ1v) is 6.69. The minimum atomic E-state index is 0.0298. The number of rotatable bonds is 4. The Hall–Kier alpha value is -1.50. The number of anilines is 3. The molecule has 20 heavy (non-hydrogen) atoms. The van der Waals surface area contributed by atoms with E-state index in [0.717, 1.165) is 0 Å². The Balaban J connectivity index is 2.32. The van der Waals surface area contributed by atoms with Gasteiger partial charge in [0.25, 0.3) is 0 Å². The van der Waals surface area contributed by atoms with E-state index in [1.165, 1.54) is 6.07 Å². The van der Waals surface area contributed by atoms with E-state index in [9.17, 15) is 0 Å². The number of halogens is 3. The second-order valence-electron chi connectivity index (χ2n) is 3.60. The van der Waals surface area contributed by atoms with Crippen LogP contribution in [-0.2, 0) is 0 Å². The minimum Gasteiger partial charge on any atom is -0.464 e. The zero-order valence-corrected chi connectivity index (χ0v) is 12.6. The van der Waals surface area contributed by atoms with E-state index < -0.39 is 0 Å². The lowest BCUT2D eigenvalue weighted by Crippen LogP contribution is -2.06. The Bertz CT molecular complexity index is 638. The van der Waals surface area contributed by atoms with Gasteiger partial charge in [-0.25, -0.2) is 0 Å². The summed E-state index contributed by atoms with van der Waals surface area (Å²) in [4.78, 5) is 11.8. The third-order valence-electron chi connectivity index (χ3n) is 2.16. The van der Waals surface area contributed by atoms with Gasteiger partial charge in [-0.15, -0.1) is 0 Å². The van der Waals surface area contributed by atoms with Crippen LogP contribution in [0.2, 0.25) is 15.1 Å². The Morgan fingerprint density at radius 2 is 1.80 bits per heavy atom. The second kappa shape index (κ2) is 6.30. The molecule has 1 aromatic heterocycles. The maximum atomic E-state index is 6.05. The van der Waals surface area contributed by atoms with Gasteiger partial charge in [0.1, 0.15) is 0 Å². The average molecular weight is 335 g/mol. The predicted octanol–water partition coefficient (Wildman–Crippen LogP) is 3.56. The smallest absolute Gasteiger partial charge is 0.323 e. The number of aromatic nitrogens is 3. The second-order valence-corrected chi connectivity index (χ2v) is 4.83. The summed E-state index contributed by atoms with van der Waals surface area (Å²) in [7, 11) is 0. The Morgan fingerprint density at radius 3 is 2.50 bits per heavy atom. The van der Waals surface area contributed by atoms with E-state index in [4.69, 9.17) is 45.3 Å². The van der Waals surface area contributed by atoms with E-state index in [0.29, 0.717) is 27.4 Å². The van der Waals surface area contributed by atoms with E-state index in [-0.39, 0.29) is 17.9 Å². The van der Waals surface area contributed by atoms with Crippen LogP contribution in [0.1, 0.15) is 6.92 Å². The Labute approximate surface area is 130 Å². The highest BCUT2D eigenvalue weighted by molar-refractivity contribution is 6.44. The number of nitrogens with zero attached hydrogens (tertiary/aromatic N) is 3. The van der Waals surface area contributed by atoms with E-state index >= 15 is 0 Å². The number of nitrogens with two attached hydrogens (primary N) is 1. The first kappa shape index (κ1) is 14.9. The summed E-state index contributed by atoms with van der Waals surface area (Å²) in [6.07, 6.45) is 0. The largest absolute Gasteiger partial charge is 0.464 e. The third-order valence-corrected chi connectivity index (χ3v) is 3.20. The maximum absolute atomic E-state index is 6.05. The van der Waals surface area contributed by atoms with Gasteiger partial charge in [-0.2, -0.15) is 15.0 Å². The summed E-state index contributed by atoms with van der Waals surface area (Å²) in [5.41, 5.74) is 6.07. The van der Waals surface area contributed by atoms with Gasteiger partial charge < -0.3 is 15.8 Å². The Kier molecular flexibility index (Phi) is 4.69. The zero-order valence-electron chi connectivity index (χ0n) is 10.3. The summed E-state index contributed by atoms with van der Waals surface area (Å²) in [5, 5.41) is 3.96. The fraction of sp³-hybridized carbons (Fsp3) is 0.182. The van der Waals surface area contributed by atoms with Gasteiger partial charge in [0.05, 0.1) is 27.4 Å². The molecule has 0 aliphatic heterocycles. The number of nitrogens with one attached hydrogen (secondary N) is 1. The molecule has 0 unspecified atom stereocenters. The molecule has 3 N–H and O–H groups in total. The minimum absolute atomic E-state index is 0.0298. The van der Waals surface area contributed by atoms with Crippen molar-refractivity contribution in [3.8, 4) is 6.01 Å². The molecule has 0 bridgehead atoms. The standard InChI is InChI=1S/C11H10Cl3N5O/c1-2-20-11-18-9(15)17-10(19-11)16-8-4-6(13)5(12)3-7(8)14/h3-4H,2H2,1H3,(H3,15,16,17,18,19). The molecule has 0 radical (unpaired) electrons. The molecule has 1 aromatic carbocycles. The van der Waals surface area contributed by atoms with Gasteiger partial charge in [0, 0.05) is 0 Å². The molecule has 0 saturated carbocycles. The van der Waals surface area contributed by atoms with Crippen LogP contribution < -0.4 is 15.8 Å². The van der Waals surface area contributed by atoms with Gasteiger partial charge in [-0.3, -0.25) is 0 Å². The summed E-state index contributed by atoms with van der Waals surface area (Å²) >= 11 is 17.8. The molecule has 0 amide bonds. The van der Waals surface area contributed by atoms with Crippen molar-refractivity contribution in [2.24, 2.45) is 0 Å². The molecule has 106 valence electrons. The van der Waals surface area contributed by atoms with Gasteiger partial charge in [0.2, 0.25) is 11.9 Å². The molecule has 0 fully saturated rings. The number of ether oxygens (including phenoxy) is 1. The first-order valence-electron chi connectivity index (χ1n) is 5.55. The van der Waals surface area contributed by atoms with Crippen LogP contribution in [0.25, 0.3) is 0 Å². The summed E-state index contributed by atoms with van der Waals surface area (Å²) in [6, 6.07) is 3.20. The van der Waals surface area contributed by atoms with Crippen molar-refractivity contribution in [3.05, 3.63) is 27.2 Å². The summed E-state index contributed by atoms with van der Waals surface area (Å²) < 4.78 is 5.18. The van der Waals surface area contributed by atoms with Crippen molar-refractivity contribution < 1.29 is 4.74 Å². The van der Waals surface area contributed by atoms with Gasteiger partial charge in [-0.05, 0) is 19.1 Å². The fourth-order valence-corrected chi connectivity index (χ4v) is 1.95. The Morgan fingerprint density at radius 1 is 1.10 bits per heavy atom. The number of benzene rings is 1. The molecule has 9 heteroatoms. The monoisotopic (exact) mass is 333 g/mol. The molecule has 1 heterocycles. The van der Waals surface area contributed by atoms with Crippen molar-refractivity contribution in [2.75, 3.05) is 17.7 Å². The molecular formula is C11H10Cl3N5O. The molecule has 0 aliphatic carbocycles. The van der Waals surface area contributed by atoms with Crippen LogP contribution in [0.4, 0.5) is 17.6 Å². The van der Waals surface area contributed by atoms with Crippen molar-refractivity contribution in [1.29, 1.82) is 0 Å². The molecule has 0 saturated heterocycles. The van der Waals surface area contributed by atoms with Crippen molar-refractivity contribution in [1.82, 2.24) is 15.0 Å². The van der Waals surface area contributed by atoms with E-state index in [1.807, 2.05) is 6.92 Å². The molecule has 0 atom stereocenters. The molecule has 6 nitrogen and oxygen atoms in total. The normalized spacial score (nSPS) is 10.4. The number of hydrogen-bond acceptors (Lipinski definition) is 6. The maximum Gasteiger partial charge on any atom is 0.323 e.